The third-order valence-corrected chi connectivity index (χ3v) is 0. The Kier molecular flexibility index (Phi) is 6.54. The zero-order valence-corrected chi connectivity index (χ0v) is 4.24. The van der Waals surface area contributed by atoms with E-state index in [1.54, 1.807) is 0 Å². The maximum Gasteiger partial charge on any atom is 0.394 e. The maximum absolute atomic E-state index is 8.74. The molecule has 7 nitrogen and oxygen atoms in total. The highest BCUT2D eigenvalue weighted by atomic mass is 32.3. The van der Waals surface area contributed by atoms with Crippen molar-refractivity contribution < 1.29 is 33.1 Å². The molecule has 0 aromatic carbocycles. The molecule has 0 radical (unpaired) electrons. The predicted molar refractivity (Wildman–Crippen MR) is 20.5 cm³/mol. The minimum atomic E-state index is -4.67. The lowest BCUT2D eigenvalue weighted by Crippen LogP contribution is -1.89. The van der Waals surface area contributed by atoms with Gasteiger partial charge in [-0.05, 0) is 0 Å². The van der Waals surface area contributed by atoms with Crippen molar-refractivity contribution in [2.75, 3.05) is 0 Å². The summed E-state index contributed by atoms with van der Waals surface area (Å²) in [6.45, 7) is 0. The van der Waals surface area contributed by atoms with Crippen molar-refractivity contribution in [3.8, 4) is 0 Å². The van der Waals surface area contributed by atoms with Gasteiger partial charge in [-0.2, -0.15) is 8.42 Å². The molecule has 0 saturated carbocycles. The highest BCUT2D eigenvalue weighted by Gasteiger charge is 1.84. The van der Waals surface area contributed by atoms with Gasteiger partial charge in [0.1, 0.15) is 0 Å². The number of rotatable bonds is 0. The molecule has 0 unspecified atom stereocenters. The molecular weight excluding hydrogens is 144 g/mol. The average Bonchev–Trinajstić information content (AvgIpc) is 1.27. The number of hydrogen-bond acceptors (Lipinski definition) is 5. The van der Waals surface area contributed by atoms with Gasteiger partial charge in [-0.15, -0.1) is 0 Å². The van der Waals surface area contributed by atoms with E-state index in [1.807, 2.05) is 0 Å². The fraction of sp³-hybridized carbons (Fsp3) is 0. The molecule has 0 atom stereocenters. The first kappa shape index (κ1) is 10.7. The standard InChI is InChI=1S/H2O4S.H2O3/c1-5(2,3)4;1-3-2/h(H2,1,2,3,4);1-2H. The van der Waals surface area contributed by atoms with Gasteiger partial charge >= 0.3 is 10.4 Å². The lowest BCUT2D eigenvalue weighted by molar-refractivity contribution is -0.465. The summed E-state index contributed by atoms with van der Waals surface area (Å²) in [5.74, 6) is 0. The normalized spacial score (nSPS) is 9.50. The second kappa shape index (κ2) is 4.90. The van der Waals surface area contributed by atoms with Crippen LogP contribution in [0.15, 0.2) is 0 Å². The summed E-state index contributed by atoms with van der Waals surface area (Å²) in [4.78, 5) is 0. The Morgan fingerprint density at radius 1 is 1.12 bits per heavy atom. The van der Waals surface area contributed by atoms with Gasteiger partial charge < -0.3 is 0 Å². The van der Waals surface area contributed by atoms with E-state index in [-0.39, 0.29) is 0 Å². The van der Waals surface area contributed by atoms with E-state index in [2.05, 4.69) is 5.04 Å². The Morgan fingerprint density at radius 2 is 1.12 bits per heavy atom. The van der Waals surface area contributed by atoms with Crippen molar-refractivity contribution in [3.63, 3.8) is 0 Å². The topological polar surface area (TPSA) is 124 Å². The first-order valence-corrected chi connectivity index (χ1v) is 2.46. The lowest BCUT2D eigenvalue weighted by atomic mass is 14.6. The Balaban J connectivity index is 0. The van der Waals surface area contributed by atoms with Gasteiger partial charge in [0.25, 0.3) is 0 Å². The lowest BCUT2D eigenvalue weighted by Gasteiger charge is -1.68. The van der Waals surface area contributed by atoms with E-state index >= 15 is 0 Å². The molecule has 0 aliphatic carbocycles. The van der Waals surface area contributed by atoms with Crippen molar-refractivity contribution in [2.45, 2.75) is 0 Å². The molecule has 0 aliphatic heterocycles. The Labute approximate surface area is 44.6 Å². The van der Waals surface area contributed by atoms with Gasteiger partial charge in [0.15, 0.2) is 0 Å². The summed E-state index contributed by atoms with van der Waals surface area (Å²) in [5.41, 5.74) is 0. The summed E-state index contributed by atoms with van der Waals surface area (Å²) >= 11 is 0. The van der Waals surface area contributed by atoms with Crippen molar-refractivity contribution >= 4 is 10.4 Å². The second-order valence-electron chi connectivity index (χ2n) is 0.529. The molecule has 0 heterocycles. The van der Waals surface area contributed by atoms with Crippen molar-refractivity contribution in [1.82, 2.24) is 0 Å². The molecule has 0 spiro atoms. The fourth-order valence-corrected chi connectivity index (χ4v) is 0. The summed E-state index contributed by atoms with van der Waals surface area (Å²) in [7, 11) is -4.67. The molecular formula is H4O7S. The van der Waals surface area contributed by atoms with Crippen molar-refractivity contribution in [2.24, 2.45) is 0 Å². The van der Waals surface area contributed by atoms with Gasteiger partial charge in [0, 0.05) is 0 Å². The van der Waals surface area contributed by atoms with Crippen LogP contribution < -0.4 is 0 Å². The van der Waals surface area contributed by atoms with Crippen LogP contribution in [0.1, 0.15) is 0 Å². The monoisotopic (exact) mass is 148 g/mol. The highest BCUT2D eigenvalue weighted by molar-refractivity contribution is 7.79. The molecule has 0 saturated heterocycles. The average molecular weight is 148 g/mol. The van der Waals surface area contributed by atoms with Crippen molar-refractivity contribution in [3.05, 3.63) is 0 Å². The van der Waals surface area contributed by atoms with Crippen LogP contribution in [0.2, 0.25) is 0 Å². The quantitative estimate of drug-likeness (QED) is 0.203. The highest BCUT2D eigenvalue weighted by Crippen LogP contribution is 1.59. The Hall–Kier alpha value is -0.250. The third-order valence-electron chi connectivity index (χ3n) is 0. The molecule has 8 heavy (non-hydrogen) atoms. The van der Waals surface area contributed by atoms with Gasteiger partial charge in [0.2, 0.25) is 0 Å². The van der Waals surface area contributed by atoms with E-state index in [9.17, 15) is 0 Å². The van der Waals surface area contributed by atoms with Gasteiger partial charge in [0.05, 0.1) is 0 Å². The summed E-state index contributed by atoms with van der Waals surface area (Å²) < 4.78 is 31.6. The van der Waals surface area contributed by atoms with Gasteiger partial charge in [-0.3, -0.25) is 9.11 Å². The van der Waals surface area contributed by atoms with Gasteiger partial charge in [-0.1, -0.05) is 5.04 Å². The first-order valence-electron chi connectivity index (χ1n) is 1.06. The summed E-state index contributed by atoms with van der Waals surface area (Å²) in [6.07, 6.45) is 0. The SMILES string of the molecule is O=S(=O)(O)O.OOO. The van der Waals surface area contributed by atoms with Crippen LogP contribution in [0.3, 0.4) is 0 Å². The fourth-order valence-electron chi connectivity index (χ4n) is 0. The molecule has 4 N–H and O–H groups in total. The van der Waals surface area contributed by atoms with E-state index in [4.69, 9.17) is 28.0 Å². The van der Waals surface area contributed by atoms with E-state index in [0.717, 1.165) is 0 Å². The minimum absolute atomic E-state index is 2.25. The van der Waals surface area contributed by atoms with Crippen LogP contribution >= 0.6 is 0 Å². The maximum atomic E-state index is 8.74. The third kappa shape index (κ3) is 2080. The molecule has 0 fully saturated rings. The zero-order chi connectivity index (χ0) is 7.21. The molecule has 0 aliphatic rings. The van der Waals surface area contributed by atoms with E-state index < -0.39 is 10.4 Å². The van der Waals surface area contributed by atoms with Crippen LogP contribution in [0.25, 0.3) is 0 Å². The minimum Gasteiger partial charge on any atom is -0.264 e. The molecule has 8 heteroatoms. The van der Waals surface area contributed by atoms with Crippen LogP contribution in [0.4, 0.5) is 0 Å². The van der Waals surface area contributed by atoms with Gasteiger partial charge in [-0.25, -0.2) is 10.5 Å². The first-order chi connectivity index (χ1) is 3.41. The zero-order valence-electron chi connectivity index (χ0n) is 3.42. The van der Waals surface area contributed by atoms with E-state index in [0.29, 0.717) is 0 Å². The smallest absolute Gasteiger partial charge is 0.264 e. The summed E-state index contributed by atoms with van der Waals surface area (Å²) in [5, 5.41) is 15.5. The Bertz CT molecular complexity index is 98.3. The van der Waals surface area contributed by atoms with Crippen LogP contribution in [-0.2, 0) is 15.4 Å². The Morgan fingerprint density at radius 3 is 1.12 bits per heavy atom. The van der Waals surface area contributed by atoms with Crippen LogP contribution in [0.5, 0.6) is 0 Å². The van der Waals surface area contributed by atoms with Crippen molar-refractivity contribution in [1.29, 1.82) is 0 Å². The van der Waals surface area contributed by atoms with E-state index in [1.165, 1.54) is 0 Å². The summed E-state index contributed by atoms with van der Waals surface area (Å²) in [6, 6.07) is 0. The van der Waals surface area contributed by atoms with Crippen LogP contribution in [-0.4, -0.2) is 28.0 Å². The second-order valence-corrected chi connectivity index (χ2v) is 1.43. The largest absolute Gasteiger partial charge is 0.394 e. The molecule has 52 valence electrons. The molecule has 0 aromatic heterocycles. The predicted octanol–water partition coefficient (Wildman–Crippen LogP) is -0.704. The molecule has 0 amide bonds. The molecule has 0 aromatic rings. The molecule has 0 rings (SSSR count). The number of hydrogen-bond donors (Lipinski definition) is 4. The molecule has 0 bridgehead atoms. The van der Waals surface area contributed by atoms with Crippen LogP contribution in [0, 0.1) is 0 Å².